The van der Waals surface area contributed by atoms with Crippen LogP contribution in [-0.4, -0.2) is 47.6 Å². The number of hydrogen-bond donors (Lipinski definition) is 3. The van der Waals surface area contributed by atoms with E-state index >= 15 is 0 Å². The molecule has 0 fully saturated rings. The maximum absolute atomic E-state index is 12.9. The van der Waals surface area contributed by atoms with Crippen LogP contribution < -0.4 is 10.6 Å². The lowest BCUT2D eigenvalue weighted by Gasteiger charge is -2.23. The minimum absolute atomic E-state index is 0.0274. The first-order valence-electron chi connectivity index (χ1n) is 12.8. The smallest absolute Gasteiger partial charge is 0.336 e. The minimum Gasteiger partial charge on any atom is -0.478 e. The van der Waals surface area contributed by atoms with Crippen LogP contribution in [0.4, 0.5) is 0 Å². The van der Waals surface area contributed by atoms with Crippen LogP contribution in [0.25, 0.3) is 11.3 Å². The average molecular weight is 536 g/mol. The van der Waals surface area contributed by atoms with Gasteiger partial charge in [0.15, 0.2) is 5.76 Å². The molecule has 0 aliphatic heterocycles. The molecule has 0 bridgehead atoms. The van der Waals surface area contributed by atoms with E-state index in [4.69, 9.17) is 9.25 Å². The van der Waals surface area contributed by atoms with Crippen molar-refractivity contribution in [2.24, 2.45) is 5.92 Å². The highest BCUT2D eigenvalue weighted by molar-refractivity contribution is 5.96. The van der Waals surface area contributed by atoms with Crippen LogP contribution in [0.1, 0.15) is 59.1 Å². The van der Waals surface area contributed by atoms with Crippen molar-refractivity contribution < 1.29 is 33.5 Å². The van der Waals surface area contributed by atoms with Gasteiger partial charge in [-0.3, -0.25) is 19.2 Å². The number of unbranched alkanes of at least 4 members (excludes halogenated alkanes) is 2. The Morgan fingerprint density at radius 3 is 2.46 bits per heavy atom. The number of nitrogens with one attached hydrogen (secondary N) is 2. The summed E-state index contributed by atoms with van der Waals surface area (Å²) in [4.78, 5) is 54.2. The highest BCUT2D eigenvalue weighted by Crippen LogP contribution is 2.26. The van der Waals surface area contributed by atoms with Gasteiger partial charge in [-0.2, -0.15) is 0 Å². The Balaban J connectivity index is 1.55. The molecule has 10 nitrogen and oxygen atoms in total. The third kappa shape index (κ3) is 8.82. The fraction of sp³-hybridized carbons (Fsp3) is 0.310. The van der Waals surface area contributed by atoms with Crippen LogP contribution in [0.2, 0.25) is 0 Å². The zero-order valence-corrected chi connectivity index (χ0v) is 21.8. The zero-order valence-electron chi connectivity index (χ0n) is 21.8. The molecule has 206 valence electrons. The van der Waals surface area contributed by atoms with E-state index in [9.17, 15) is 24.3 Å². The number of furan rings is 1. The van der Waals surface area contributed by atoms with Crippen molar-refractivity contribution in [3.05, 3.63) is 83.6 Å². The predicted molar refractivity (Wildman–Crippen MR) is 143 cm³/mol. The summed E-state index contributed by atoms with van der Waals surface area (Å²) >= 11 is 0. The van der Waals surface area contributed by atoms with Gasteiger partial charge in [-0.05, 0) is 30.2 Å². The first kappa shape index (κ1) is 29.1. The number of carbonyl (C=O) groups excluding carboxylic acids is 3. The largest absolute Gasteiger partial charge is 0.478 e. The highest BCUT2D eigenvalue weighted by Gasteiger charge is 2.22. The van der Waals surface area contributed by atoms with Gasteiger partial charge in [-0.25, -0.2) is 9.86 Å². The van der Waals surface area contributed by atoms with Crippen LogP contribution in [0, 0.1) is 5.92 Å². The van der Waals surface area contributed by atoms with Crippen molar-refractivity contribution >= 4 is 24.2 Å². The SMILES string of the molecule is CCCCCC(CN(C=O)OCc1ccccc1)C(=O)NCNC(=O)c1ccc(-c2ccccc2C(=O)O)o1. The first-order valence-corrected chi connectivity index (χ1v) is 12.8. The van der Waals surface area contributed by atoms with Crippen LogP contribution in [0.15, 0.2) is 71.1 Å². The molecule has 1 atom stereocenters. The fourth-order valence-corrected chi connectivity index (χ4v) is 3.95. The summed E-state index contributed by atoms with van der Waals surface area (Å²) in [7, 11) is 0. The molecule has 3 rings (SSSR count). The van der Waals surface area contributed by atoms with Crippen molar-refractivity contribution in [3.63, 3.8) is 0 Å². The number of carboxylic acid groups (broad SMARTS) is 1. The van der Waals surface area contributed by atoms with Gasteiger partial charge in [-0.1, -0.05) is 74.7 Å². The quantitative estimate of drug-likeness (QED) is 0.108. The first-order chi connectivity index (χ1) is 18.9. The van der Waals surface area contributed by atoms with Crippen molar-refractivity contribution in [3.8, 4) is 11.3 Å². The molecule has 3 aromatic rings. The second-order valence-corrected chi connectivity index (χ2v) is 8.90. The molecule has 0 radical (unpaired) electrons. The summed E-state index contributed by atoms with van der Waals surface area (Å²) in [5, 5.41) is 15.8. The van der Waals surface area contributed by atoms with Crippen molar-refractivity contribution in [2.75, 3.05) is 13.2 Å². The van der Waals surface area contributed by atoms with Crippen LogP contribution in [0.5, 0.6) is 0 Å². The molecule has 1 unspecified atom stereocenters. The van der Waals surface area contributed by atoms with E-state index in [-0.39, 0.29) is 42.8 Å². The molecule has 0 saturated carbocycles. The zero-order chi connectivity index (χ0) is 28.0. The Bertz CT molecular complexity index is 1240. The number of amides is 3. The topological polar surface area (TPSA) is 138 Å². The third-order valence-corrected chi connectivity index (χ3v) is 6.05. The average Bonchev–Trinajstić information content (AvgIpc) is 3.45. The molecule has 3 amide bonds. The molecule has 1 aromatic heterocycles. The van der Waals surface area contributed by atoms with E-state index in [1.165, 1.54) is 18.2 Å². The lowest BCUT2D eigenvalue weighted by atomic mass is 10.0. The van der Waals surface area contributed by atoms with E-state index in [0.717, 1.165) is 29.9 Å². The summed E-state index contributed by atoms with van der Waals surface area (Å²) in [6.45, 7) is 2.17. The third-order valence-electron chi connectivity index (χ3n) is 6.05. The molecule has 10 heteroatoms. The molecular formula is C29H33N3O7. The lowest BCUT2D eigenvalue weighted by molar-refractivity contribution is -0.182. The minimum atomic E-state index is -1.11. The molecule has 0 aliphatic carbocycles. The van der Waals surface area contributed by atoms with E-state index in [1.807, 2.05) is 30.3 Å². The number of benzene rings is 2. The molecule has 3 N–H and O–H groups in total. The van der Waals surface area contributed by atoms with Gasteiger partial charge in [-0.15, -0.1) is 0 Å². The van der Waals surface area contributed by atoms with Gasteiger partial charge in [0, 0.05) is 5.56 Å². The Morgan fingerprint density at radius 2 is 1.74 bits per heavy atom. The molecule has 0 saturated heterocycles. The van der Waals surface area contributed by atoms with E-state index < -0.39 is 17.8 Å². The maximum Gasteiger partial charge on any atom is 0.336 e. The van der Waals surface area contributed by atoms with Crippen LogP contribution >= 0.6 is 0 Å². The molecular weight excluding hydrogens is 502 g/mol. The summed E-state index contributed by atoms with van der Waals surface area (Å²) in [6, 6.07) is 18.7. The van der Waals surface area contributed by atoms with Gasteiger partial charge in [0.2, 0.25) is 12.3 Å². The summed E-state index contributed by atoms with van der Waals surface area (Å²) < 4.78 is 5.57. The summed E-state index contributed by atoms with van der Waals surface area (Å²) in [5.74, 6) is -2.32. The molecule has 0 spiro atoms. The normalized spacial score (nSPS) is 11.4. The Labute approximate surface area is 226 Å². The van der Waals surface area contributed by atoms with Gasteiger partial charge >= 0.3 is 5.97 Å². The fourth-order valence-electron chi connectivity index (χ4n) is 3.95. The Hall–Kier alpha value is -4.44. The molecule has 0 aliphatic rings. The highest BCUT2D eigenvalue weighted by atomic mass is 16.7. The summed E-state index contributed by atoms with van der Waals surface area (Å²) in [6.07, 6.45) is 3.84. The number of nitrogens with zero attached hydrogens (tertiary/aromatic N) is 1. The van der Waals surface area contributed by atoms with Crippen LogP contribution in [0.3, 0.4) is 0 Å². The van der Waals surface area contributed by atoms with Crippen molar-refractivity contribution in [1.82, 2.24) is 15.7 Å². The van der Waals surface area contributed by atoms with Gasteiger partial charge in [0.1, 0.15) is 12.4 Å². The number of rotatable bonds is 16. The second kappa shape index (κ2) is 15.1. The standard InChI is InChI=1S/C29H33N3O7/c1-2-3-5-12-22(17-32(20-33)38-18-21-10-6-4-7-11-21)27(34)30-19-31-28(35)26-16-15-25(39-26)23-13-8-9-14-24(23)29(36)37/h4,6-11,13-16,20,22H,2-3,5,12,17-19H2,1H3,(H,30,34)(H,31,35)(H,36,37). The number of hydroxylamine groups is 2. The Kier molecular flexibility index (Phi) is 11.3. The predicted octanol–water partition coefficient (Wildman–Crippen LogP) is 4.24. The van der Waals surface area contributed by atoms with Crippen molar-refractivity contribution in [1.29, 1.82) is 0 Å². The number of carboxylic acids is 1. The van der Waals surface area contributed by atoms with E-state index in [2.05, 4.69) is 17.6 Å². The van der Waals surface area contributed by atoms with E-state index in [1.54, 1.807) is 18.2 Å². The maximum atomic E-state index is 12.9. The van der Waals surface area contributed by atoms with E-state index in [0.29, 0.717) is 18.4 Å². The second-order valence-electron chi connectivity index (χ2n) is 8.90. The molecule has 1 heterocycles. The number of carbonyl (C=O) groups is 4. The number of aromatic carboxylic acids is 1. The molecule has 2 aromatic carbocycles. The number of hydrogen-bond acceptors (Lipinski definition) is 6. The van der Waals surface area contributed by atoms with Crippen molar-refractivity contribution in [2.45, 2.75) is 39.2 Å². The van der Waals surface area contributed by atoms with Gasteiger partial charge < -0.3 is 20.2 Å². The summed E-state index contributed by atoms with van der Waals surface area (Å²) in [5.41, 5.74) is 1.30. The van der Waals surface area contributed by atoms with Gasteiger partial charge in [0.05, 0.1) is 24.7 Å². The molecule has 39 heavy (non-hydrogen) atoms. The Morgan fingerprint density at radius 1 is 1.00 bits per heavy atom. The van der Waals surface area contributed by atoms with Gasteiger partial charge in [0.25, 0.3) is 5.91 Å². The monoisotopic (exact) mass is 535 g/mol. The lowest BCUT2D eigenvalue weighted by Crippen LogP contribution is -2.43. The van der Waals surface area contributed by atoms with Crippen LogP contribution in [-0.2, 0) is 21.0 Å².